The highest BCUT2D eigenvalue weighted by Crippen LogP contribution is 2.31. The number of carbonyl (C=O) groups excluding carboxylic acids is 1. The molecule has 3 aromatic rings. The van der Waals surface area contributed by atoms with Gasteiger partial charge in [-0.2, -0.15) is 0 Å². The van der Waals surface area contributed by atoms with E-state index in [4.69, 9.17) is 4.74 Å². The zero-order valence-corrected chi connectivity index (χ0v) is 18.6. The Kier molecular flexibility index (Phi) is 6.19. The van der Waals surface area contributed by atoms with Gasteiger partial charge < -0.3 is 14.7 Å². The zero-order chi connectivity index (χ0) is 22.7. The maximum absolute atomic E-state index is 13.6. The first kappa shape index (κ1) is 21.9. The smallest absolute Gasteiger partial charge is 0.254 e. The average Bonchev–Trinajstić information content (AvgIpc) is 2.80. The highest BCUT2D eigenvalue weighted by molar-refractivity contribution is 6.00. The second-order valence-electron chi connectivity index (χ2n) is 8.66. The molecule has 166 valence electrons. The molecule has 1 N–H and O–H groups in total. The molecule has 2 aromatic heterocycles. The van der Waals surface area contributed by atoms with Crippen molar-refractivity contribution in [3.05, 3.63) is 72.2 Å². The number of nitrogens with zero attached hydrogens (tertiary/aromatic N) is 4. The lowest BCUT2D eigenvalue weighted by molar-refractivity contribution is 0.0326. The van der Waals surface area contributed by atoms with Crippen LogP contribution < -0.4 is 4.74 Å². The van der Waals surface area contributed by atoms with Crippen LogP contribution in [-0.4, -0.2) is 49.6 Å². The third kappa shape index (κ3) is 4.62. The van der Waals surface area contributed by atoms with Crippen molar-refractivity contribution in [2.75, 3.05) is 6.54 Å². The highest BCUT2D eigenvalue weighted by Gasteiger charge is 2.33. The lowest BCUT2D eigenvalue weighted by atomic mass is 9.97. The van der Waals surface area contributed by atoms with Gasteiger partial charge in [0, 0.05) is 35.8 Å². The summed E-state index contributed by atoms with van der Waals surface area (Å²) in [6.07, 6.45) is 6.39. The van der Waals surface area contributed by atoms with Crippen LogP contribution in [0.25, 0.3) is 11.4 Å². The predicted octanol–water partition coefficient (Wildman–Crippen LogP) is 3.84. The van der Waals surface area contributed by atoms with Gasteiger partial charge in [0.05, 0.1) is 17.7 Å². The molecule has 4 rings (SSSR count). The van der Waals surface area contributed by atoms with Crippen molar-refractivity contribution in [3.63, 3.8) is 0 Å². The molecule has 0 spiro atoms. The molecule has 3 heterocycles. The molecule has 1 fully saturated rings. The first-order chi connectivity index (χ1) is 15.3. The Labute approximate surface area is 188 Å². The van der Waals surface area contributed by atoms with E-state index >= 15 is 0 Å². The number of likely N-dealkylation sites (tertiary alicyclic amines) is 1. The minimum Gasteiger partial charge on any atom is -0.472 e. The van der Waals surface area contributed by atoms with Crippen LogP contribution in [0, 0.1) is 0 Å². The lowest BCUT2D eigenvalue weighted by Gasteiger charge is -2.38. The molecule has 0 aliphatic carbocycles. The molecule has 32 heavy (non-hydrogen) atoms. The quantitative estimate of drug-likeness (QED) is 0.659. The Balaban J connectivity index is 1.58. The van der Waals surface area contributed by atoms with Crippen molar-refractivity contribution in [2.45, 2.75) is 51.4 Å². The molecule has 7 nitrogen and oxygen atoms in total. The number of amides is 1. The fourth-order valence-corrected chi connectivity index (χ4v) is 4.02. The number of aliphatic hydroxyl groups is 1. The summed E-state index contributed by atoms with van der Waals surface area (Å²) in [6, 6.07) is 12.8. The van der Waals surface area contributed by atoms with E-state index in [1.165, 1.54) is 0 Å². The SMILES string of the molecule is C[C@@H]1CC[C@@H](Oc2ncccc2C(C)(C)O)CN1C(=O)c1ccccc1-c1ncccn1. The molecular weight excluding hydrogens is 404 g/mol. The van der Waals surface area contributed by atoms with Crippen molar-refractivity contribution in [2.24, 2.45) is 0 Å². The second kappa shape index (κ2) is 9.04. The predicted molar refractivity (Wildman–Crippen MR) is 121 cm³/mol. The maximum atomic E-state index is 13.6. The summed E-state index contributed by atoms with van der Waals surface area (Å²) in [6.45, 7) is 5.90. The molecular formula is C25H28N4O3. The lowest BCUT2D eigenvalue weighted by Crippen LogP contribution is -2.49. The molecule has 2 atom stereocenters. The van der Waals surface area contributed by atoms with Gasteiger partial charge in [-0.05, 0) is 57.9 Å². The van der Waals surface area contributed by atoms with Gasteiger partial charge in [0.25, 0.3) is 5.91 Å². The topological polar surface area (TPSA) is 88.4 Å². The molecule has 1 aliphatic heterocycles. The van der Waals surface area contributed by atoms with Gasteiger partial charge in [-0.25, -0.2) is 15.0 Å². The third-order valence-electron chi connectivity index (χ3n) is 5.77. The number of ether oxygens (including phenoxy) is 1. The van der Waals surface area contributed by atoms with Crippen LogP contribution in [-0.2, 0) is 5.60 Å². The highest BCUT2D eigenvalue weighted by atomic mass is 16.5. The second-order valence-corrected chi connectivity index (χ2v) is 8.66. The molecule has 0 radical (unpaired) electrons. The maximum Gasteiger partial charge on any atom is 0.254 e. The van der Waals surface area contributed by atoms with E-state index in [0.29, 0.717) is 34.9 Å². The summed E-state index contributed by atoms with van der Waals surface area (Å²) < 4.78 is 6.20. The van der Waals surface area contributed by atoms with E-state index in [9.17, 15) is 9.90 Å². The number of rotatable bonds is 5. The van der Waals surface area contributed by atoms with Gasteiger partial charge in [-0.15, -0.1) is 0 Å². The van der Waals surface area contributed by atoms with E-state index in [2.05, 4.69) is 21.9 Å². The van der Waals surface area contributed by atoms with E-state index < -0.39 is 5.60 Å². The molecule has 7 heteroatoms. The summed E-state index contributed by atoms with van der Waals surface area (Å²) in [7, 11) is 0. The Hall–Kier alpha value is -3.32. The van der Waals surface area contributed by atoms with Crippen molar-refractivity contribution in [1.82, 2.24) is 19.9 Å². The Morgan fingerprint density at radius 1 is 1.03 bits per heavy atom. The van der Waals surface area contributed by atoms with Crippen LogP contribution in [0.5, 0.6) is 5.88 Å². The van der Waals surface area contributed by atoms with Crippen molar-refractivity contribution in [1.29, 1.82) is 0 Å². The van der Waals surface area contributed by atoms with Crippen LogP contribution in [0.15, 0.2) is 61.1 Å². The minimum absolute atomic E-state index is 0.0717. The Morgan fingerprint density at radius 3 is 2.50 bits per heavy atom. The standard InChI is InChI=1S/C25H28N4O3/c1-17-11-12-18(32-23-21(25(2,3)31)10-6-13-28-23)16-29(17)24(30)20-9-5-4-8-19(20)22-26-14-7-15-27-22/h4-10,13-15,17-18,31H,11-12,16H2,1-3H3/t17-,18-/m1/s1. The molecule has 1 aliphatic rings. The van der Waals surface area contributed by atoms with Crippen molar-refractivity contribution >= 4 is 5.91 Å². The van der Waals surface area contributed by atoms with Gasteiger partial charge in [0.15, 0.2) is 5.82 Å². The largest absolute Gasteiger partial charge is 0.472 e. The third-order valence-corrected chi connectivity index (χ3v) is 5.77. The van der Waals surface area contributed by atoms with Crippen LogP contribution >= 0.6 is 0 Å². The number of hydrogen-bond acceptors (Lipinski definition) is 6. The number of carbonyl (C=O) groups is 1. The fourth-order valence-electron chi connectivity index (χ4n) is 4.02. The average molecular weight is 433 g/mol. The van der Waals surface area contributed by atoms with E-state index in [1.54, 1.807) is 44.6 Å². The summed E-state index contributed by atoms with van der Waals surface area (Å²) in [4.78, 5) is 28.4. The Morgan fingerprint density at radius 2 is 1.75 bits per heavy atom. The van der Waals surface area contributed by atoms with Crippen LogP contribution in [0.1, 0.15) is 49.5 Å². The molecule has 0 bridgehead atoms. The van der Waals surface area contributed by atoms with Gasteiger partial charge in [0.1, 0.15) is 6.10 Å². The normalized spacial score (nSPS) is 18.9. The summed E-state index contributed by atoms with van der Waals surface area (Å²) in [5.74, 6) is 0.861. The summed E-state index contributed by atoms with van der Waals surface area (Å²) in [5.41, 5.74) is 0.835. The summed E-state index contributed by atoms with van der Waals surface area (Å²) in [5, 5.41) is 10.5. The van der Waals surface area contributed by atoms with Crippen LogP contribution in [0.4, 0.5) is 0 Å². The van der Waals surface area contributed by atoms with Crippen LogP contribution in [0.2, 0.25) is 0 Å². The first-order valence-corrected chi connectivity index (χ1v) is 10.9. The number of benzene rings is 1. The van der Waals surface area contributed by atoms with E-state index in [1.807, 2.05) is 35.2 Å². The Bertz CT molecular complexity index is 1080. The van der Waals surface area contributed by atoms with Gasteiger partial charge in [-0.1, -0.05) is 18.2 Å². The first-order valence-electron chi connectivity index (χ1n) is 10.9. The zero-order valence-electron chi connectivity index (χ0n) is 18.6. The van der Waals surface area contributed by atoms with E-state index in [-0.39, 0.29) is 18.1 Å². The van der Waals surface area contributed by atoms with Gasteiger partial charge in [-0.3, -0.25) is 4.79 Å². The molecule has 0 unspecified atom stereocenters. The number of hydrogen-bond donors (Lipinski definition) is 1. The molecule has 1 amide bonds. The number of pyridine rings is 1. The van der Waals surface area contributed by atoms with Gasteiger partial charge in [0.2, 0.25) is 5.88 Å². The number of aromatic nitrogens is 3. The molecule has 1 aromatic carbocycles. The van der Waals surface area contributed by atoms with Crippen LogP contribution in [0.3, 0.4) is 0 Å². The summed E-state index contributed by atoms with van der Waals surface area (Å²) >= 11 is 0. The van der Waals surface area contributed by atoms with Crippen molar-refractivity contribution in [3.8, 4) is 17.3 Å². The fraction of sp³-hybridized carbons (Fsp3) is 0.360. The monoisotopic (exact) mass is 432 g/mol. The number of piperidine rings is 1. The van der Waals surface area contributed by atoms with E-state index in [0.717, 1.165) is 12.8 Å². The van der Waals surface area contributed by atoms with Crippen molar-refractivity contribution < 1.29 is 14.6 Å². The van der Waals surface area contributed by atoms with Gasteiger partial charge >= 0.3 is 0 Å². The molecule has 0 saturated carbocycles. The molecule has 1 saturated heterocycles. The minimum atomic E-state index is -1.07.